The summed E-state index contributed by atoms with van der Waals surface area (Å²) in [6.45, 7) is 2.31. The number of nitrogens with zero attached hydrogens (tertiary/aromatic N) is 4. The van der Waals surface area contributed by atoms with Crippen molar-refractivity contribution in [2.75, 3.05) is 6.61 Å². The van der Waals surface area contributed by atoms with Gasteiger partial charge in [0.25, 0.3) is 0 Å². The molecule has 2 atom stereocenters. The molecule has 0 aliphatic carbocycles. The van der Waals surface area contributed by atoms with E-state index in [0.717, 1.165) is 22.6 Å². The minimum Gasteiger partial charge on any atom is -0.489 e. The molecule has 34 heavy (non-hydrogen) atoms. The first-order valence-corrected chi connectivity index (χ1v) is 11.6. The molecule has 0 saturated heterocycles. The van der Waals surface area contributed by atoms with Crippen LogP contribution in [0.5, 0.6) is 5.75 Å². The average molecular weight is 521 g/mol. The van der Waals surface area contributed by atoms with Crippen molar-refractivity contribution < 1.29 is 14.0 Å². The van der Waals surface area contributed by atoms with Crippen molar-refractivity contribution in [3.05, 3.63) is 101 Å². The maximum atomic E-state index is 14.4. The standard InChI is InChI=1S/C26H22BrFN4O2/c1-26(15-33-21-5-3-2-4-6-21)14-24(32-17-29-16-30-32)25(31-34-26)19-9-7-18(8-10-19)22-12-11-20(27)13-23(22)28/h2-13,16-17,24H,14-15H2,1H3. The summed E-state index contributed by atoms with van der Waals surface area (Å²) in [7, 11) is 0. The Hall–Kier alpha value is -3.52. The van der Waals surface area contributed by atoms with Crippen LogP contribution >= 0.6 is 15.9 Å². The molecule has 0 radical (unpaired) electrons. The molecule has 0 N–H and O–H groups in total. The van der Waals surface area contributed by atoms with E-state index in [1.54, 1.807) is 17.1 Å². The summed E-state index contributed by atoms with van der Waals surface area (Å²) in [5.41, 5.74) is 2.26. The van der Waals surface area contributed by atoms with Gasteiger partial charge < -0.3 is 9.57 Å². The molecule has 3 aromatic carbocycles. The van der Waals surface area contributed by atoms with Crippen molar-refractivity contribution in [1.29, 1.82) is 0 Å². The molecule has 0 amide bonds. The largest absolute Gasteiger partial charge is 0.489 e. The first kappa shape index (κ1) is 22.3. The van der Waals surface area contributed by atoms with Gasteiger partial charge in [0.1, 0.15) is 42.6 Å². The molecule has 1 aliphatic rings. The van der Waals surface area contributed by atoms with E-state index in [1.165, 1.54) is 12.4 Å². The maximum Gasteiger partial charge on any atom is 0.171 e. The monoisotopic (exact) mass is 520 g/mol. The smallest absolute Gasteiger partial charge is 0.171 e. The van der Waals surface area contributed by atoms with Crippen LogP contribution in [0.3, 0.4) is 0 Å². The number of hydrogen-bond donors (Lipinski definition) is 0. The molecular formula is C26H22BrFN4O2. The van der Waals surface area contributed by atoms with E-state index in [-0.39, 0.29) is 11.9 Å². The molecule has 0 fully saturated rings. The second-order valence-corrected chi connectivity index (χ2v) is 9.33. The SMILES string of the molecule is CC1(COc2ccccc2)CC(n2cncn2)C(c2ccc(-c3ccc(Br)cc3F)cc2)=NO1. The topological polar surface area (TPSA) is 61.5 Å². The molecule has 1 aliphatic heterocycles. The zero-order valence-corrected chi connectivity index (χ0v) is 20.0. The van der Waals surface area contributed by atoms with Gasteiger partial charge >= 0.3 is 0 Å². The fourth-order valence-electron chi connectivity index (χ4n) is 3.99. The fourth-order valence-corrected chi connectivity index (χ4v) is 4.32. The highest BCUT2D eigenvalue weighted by molar-refractivity contribution is 9.10. The van der Waals surface area contributed by atoms with Gasteiger partial charge in [0, 0.05) is 22.0 Å². The first-order chi connectivity index (χ1) is 16.5. The van der Waals surface area contributed by atoms with Gasteiger partial charge in [-0.3, -0.25) is 0 Å². The summed E-state index contributed by atoms with van der Waals surface area (Å²) in [5, 5.41) is 8.86. The molecule has 2 unspecified atom stereocenters. The van der Waals surface area contributed by atoms with E-state index in [2.05, 4.69) is 31.2 Å². The lowest BCUT2D eigenvalue weighted by atomic mass is 9.90. The lowest BCUT2D eigenvalue weighted by Crippen LogP contribution is -2.43. The normalized spacial score (nSPS) is 19.9. The van der Waals surface area contributed by atoms with Crippen LogP contribution in [-0.4, -0.2) is 32.7 Å². The van der Waals surface area contributed by atoms with Gasteiger partial charge in [-0.25, -0.2) is 14.1 Å². The second-order valence-electron chi connectivity index (χ2n) is 8.42. The van der Waals surface area contributed by atoms with Crippen LogP contribution in [0.2, 0.25) is 0 Å². The zero-order valence-electron chi connectivity index (χ0n) is 18.4. The van der Waals surface area contributed by atoms with Crippen molar-refractivity contribution in [2.24, 2.45) is 5.16 Å². The molecule has 1 aromatic heterocycles. The van der Waals surface area contributed by atoms with E-state index in [0.29, 0.717) is 23.1 Å². The van der Waals surface area contributed by atoms with Gasteiger partial charge in [0.2, 0.25) is 0 Å². The summed E-state index contributed by atoms with van der Waals surface area (Å²) in [6.07, 6.45) is 3.77. The zero-order chi connectivity index (χ0) is 23.5. The Kier molecular flexibility index (Phi) is 6.15. The van der Waals surface area contributed by atoms with Crippen LogP contribution in [0.15, 0.2) is 95.1 Å². The van der Waals surface area contributed by atoms with Crippen LogP contribution in [0, 0.1) is 5.82 Å². The highest BCUT2D eigenvalue weighted by Crippen LogP contribution is 2.34. The van der Waals surface area contributed by atoms with Crippen LogP contribution in [0.1, 0.15) is 24.9 Å². The van der Waals surface area contributed by atoms with E-state index >= 15 is 0 Å². The summed E-state index contributed by atoms with van der Waals surface area (Å²) in [4.78, 5) is 10.1. The maximum absolute atomic E-state index is 14.4. The van der Waals surface area contributed by atoms with E-state index in [1.807, 2.05) is 67.6 Å². The Balaban J connectivity index is 1.41. The molecule has 5 rings (SSSR count). The number of rotatable bonds is 6. The third kappa shape index (κ3) is 4.72. The van der Waals surface area contributed by atoms with Crippen LogP contribution < -0.4 is 4.74 Å². The Morgan fingerprint density at radius 1 is 1.09 bits per heavy atom. The van der Waals surface area contributed by atoms with Crippen molar-refractivity contribution in [1.82, 2.24) is 14.8 Å². The lowest BCUT2D eigenvalue weighted by Gasteiger charge is -2.35. The predicted octanol–water partition coefficient (Wildman–Crippen LogP) is 6.05. The fraction of sp³-hybridized carbons (Fsp3) is 0.192. The van der Waals surface area contributed by atoms with Crippen LogP contribution in [0.25, 0.3) is 11.1 Å². The third-order valence-corrected chi connectivity index (χ3v) is 6.26. The number of hydrogen-bond acceptors (Lipinski definition) is 5. The van der Waals surface area contributed by atoms with E-state index < -0.39 is 5.60 Å². The number of ether oxygens (including phenoxy) is 1. The summed E-state index contributed by atoms with van der Waals surface area (Å²) < 4.78 is 22.9. The van der Waals surface area contributed by atoms with Gasteiger partial charge in [-0.15, -0.1) is 0 Å². The number of halogens is 2. The van der Waals surface area contributed by atoms with Crippen molar-refractivity contribution in [3.63, 3.8) is 0 Å². The summed E-state index contributed by atoms with van der Waals surface area (Å²) in [5.74, 6) is 0.491. The summed E-state index contributed by atoms with van der Waals surface area (Å²) >= 11 is 3.30. The summed E-state index contributed by atoms with van der Waals surface area (Å²) in [6, 6.07) is 22.1. The molecule has 0 spiro atoms. The van der Waals surface area contributed by atoms with Crippen LogP contribution in [-0.2, 0) is 4.84 Å². The van der Waals surface area contributed by atoms with Crippen molar-refractivity contribution in [3.8, 4) is 16.9 Å². The van der Waals surface area contributed by atoms with Crippen LogP contribution in [0.4, 0.5) is 4.39 Å². The highest BCUT2D eigenvalue weighted by atomic mass is 79.9. The van der Waals surface area contributed by atoms with Crippen molar-refractivity contribution >= 4 is 21.6 Å². The third-order valence-electron chi connectivity index (χ3n) is 5.77. The van der Waals surface area contributed by atoms with Crippen molar-refractivity contribution in [2.45, 2.75) is 25.0 Å². The highest BCUT2D eigenvalue weighted by Gasteiger charge is 2.40. The predicted molar refractivity (Wildman–Crippen MR) is 131 cm³/mol. The number of aromatic nitrogens is 3. The molecule has 0 bridgehead atoms. The van der Waals surface area contributed by atoms with Gasteiger partial charge in [-0.2, -0.15) is 5.10 Å². The Morgan fingerprint density at radius 2 is 1.85 bits per heavy atom. The minimum absolute atomic E-state index is 0.198. The molecule has 4 aromatic rings. The van der Waals surface area contributed by atoms with Gasteiger partial charge in [-0.05, 0) is 36.8 Å². The number of para-hydroxylation sites is 1. The Morgan fingerprint density at radius 3 is 2.56 bits per heavy atom. The van der Waals surface area contributed by atoms with E-state index in [4.69, 9.17) is 9.57 Å². The quantitative estimate of drug-likeness (QED) is 0.310. The first-order valence-electron chi connectivity index (χ1n) is 10.8. The second kappa shape index (κ2) is 9.38. The molecular weight excluding hydrogens is 499 g/mol. The molecule has 2 heterocycles. The Labute approximate surface area is 205 Å². The molecule has 8 heteroatoms. The molecule has 6 nitrogen and oxygen atoms in total. The van der Waals surface area contributed by atoms with Gasteiger partial charge in [0.05, 0.1) is 0 Å². The number of oxime groups is 1. The molecule has 172 valence electrons. The minimum atomic E-state index is -0.656. The molecule has 0 saturated carbocycles. The Bertz CT molecular complexity index is 1300. The average Bonchev–Trinajstić information content (AvgIpc) is 3.39. The van der Waals surface area contributed by atoms with Gasteiger partial charge in [-0.1, -0.05) is 69.6 Å². The number of benzene rings is 3. The lowest BCUT2D eigenvalue weighted by molar-refractivity contribution is -0.0788. The van der Waals surface area contributed by atoms with Gasteiger partial charge in [0.15, 0.2) is 5.60 Å². The van der Waals surface area contributed by atoms with E-state index in [9.17, 15) is 4.39 Å².